The predicted molar refractivity (Wildman–Crippen MR) is 61.9 cm³/mol. The molecule has 0 nitrogen and oxygen atoms in total. The summed E-state index contributed by atoms with van der Waals surface area (Å²) in [4.78, 5) is 0. The van der Waals surface area contributed by atoms with E-state index in [-0.39, 0.29) is 0 Å². The zero-order valence-corrected chi connectivity index (χ0v) is 9.27. The molecule has 0 rings (SSSR count). The average molecular weight is 178 g/mol. The Balaban J connectivity index is 4.32. The highest BCUT2D eigenvalue weighted by Crippen LogP contribution is 2.11. The summed E-state index contributed by atoms with van der Waals surface area (Å²) in [5, 5.41) is 0. The van der Waals surface area contributed by atoms with E-state index in [9.17, 15) is 0 Å². The van der Waals surface area contributed by atoms with Crippen LogP contribution in [0.5, 0.6) is 0 Å². The van der Waals surface area contributed by atoms with Crippen molar-refractivity contribution in [2.45, 2.75) is 46.5 Å². The smallest absolute Gasteiger partial charge is 0.0285 e. The largest absolute Gasteiger partial charge is 0.0988 e. The van der Waals surface area contributed by atoms with Crippen LogP contribution >= 0.6 is 0 Å². The molecule has 0 N–H and O–H groups in total. The molecule has 0 saturated carbocycles. The van der Waals surface area contributed by atoms with E-state index in [1.54, 1.807) is 0 Å². The molecule has 0 aromatic heterocycles. The zero-order valence-electron chi connectivity index (χ0n) is 9.27. The quantitative estimate of drug-likeness (QED) is 0.519. The molecule has 0 heterocycles. The number of unbranched alkanes of at least 4 members (excludes halogenated alkanes) is 1. The highest BCUT2D eigenvalue weighted by Gasteiger charge is 1.91. The molecule has 0 unspecified atom stereocenters. The Hall–Kier alpha value is -0.780. The summed E-state index contributed by atoms with van der Waals surface area (Å²) in [6.45, 7) is 10.3. The van der Waals surface area contributed by atoms with Crippen molar-refractivity contribution >= 4 is 0 Å². The van der Waals surface area contributed by atoms with Gasteiger partial charge in [-0.1, -0.05) is 62.6 Å². The molecule has 0 saturated heterocycles. The van der Waals surface area contributed by atoms with Gasteiger partial charge in [-0.2, -0.15) is 0 Å². The van der Waals surface area contributed by atoms with Crippen molar-refractivity contribution in [1.82, 2.24) is 0 Å². The molecule has 0 spiro atoms. The summed E-state index contributed by atoms with van der Waals surface area (Å²) in [6.07, 6.45) is 11.3. The summed E-state index contributed by atoms with van der Waals surface area (Å²) in [6, 6.07) is 0. The molecule has 0 heteroatoms. The van der Waals surface area contributed by atoms with Gasteiger partial charge >= 0.3 is 0 Å². The van der Waals surface area contributed by atoms with Gasteiger partial charge in [0.2, 0.25) is 0 Å². The second-order valence-corrected chi connectivity index (χ2v) is 3.41. The van der Waals surface area contributed by atoms with Crippen LogP contribution in [0.4, 0.5) is 0 Å². The fraction of sp³-hybridized carbons (Fsp3) is 0.538. The normalized spacial score (nSPS) is 13.2. The molecule has 0 fully saturated rings. The zero-order chi connectivity index (χ0) is 10.1. The van der Waals surface area contributed by atoms with Gasteiger partial charge in [-0.3, -0.25) is 0 Å². The lowest BCUT2D eigenvalue weighted by molar-refractivity contribution is 0.893. The maximum atomic E-state index is 3.76. The minimum absolute atomic E-state index is 1.19. The second-order valence-electron chi connectivity index (χ2n) is 3.41. The van der Waals surface area contributed by atoms with Crippen molar-refractivity contribution in [3.05, 3.63) is 36.0 Å². The lowest BCUT2D eigenvalue weighted by atomic mass is 10.1. The second kappa shape index (κ2) is 7.85. The van der Waals surface area contributed by atoms with Gasteiger partial charge in [0.15, 0.2) is 0 Å². The third-order valence-electron chi connectivity index (χ3n) is 1.97. The third kappa shape index (κ3) is 6.39. The van der Waals surface area contributed by atoms with E-state index in [1.807, 2.05) is 6.08 Å². The van der Waals surface area contributed by atoms with Crippen LogP contribution in [0.2, 0.25) is 0 Å². The van der Waals surface area contributed by atoms with Crippen LogP contribution in [0.15, 0.2) is 36.0 Å². The molecule has 0 aromatic carbocycles. The molecule has 0 aromatic rings. The first kappa shape index (κ1) is 12.2. The van der Waals surface area contributed by atoms with Crippen molar-refractivity contribution in [1.29, 1.82) is 0 Å². The van der Waals surface area contributed by atoms with Crippen LogP contribution in [0, 0.1) is 0 Å². The minimum atomic E-state index is 1.19. The maximum Gasteiger partial charge on any atom is -0.0285 e. The summed E-state index contributed by atoms with van der Waals surface area (Å²) < 4.78 is 0. The van der Waals surface area contributed by atoms with Gasteiger partial charge in [-0.25, -0.2) is 0 Å². The van der Waals surface area contributed by atoms with Gasteiger partial charge in [0.25, 0.3) is 0 Å². The van der Waals surface area contributed by atoms with Crippen molar-refractivity contribution in [2.24, 2.45) is 0 Å². The van der Waals surface area contributed by atoms with Crippen LogP contribution in [-0.4, -0.2) is 0 Å². The Morgan fingerprint density at radius 3 is 2.38 bits per heavy atom. The van der Waals surface area contributed by atoms with Crippen LogP contribution in [-0.2, 0) is 0 Å². The van der Waals surface area contributed by atoms with E-state index in [4.69, 9.17) is 0 Å². The standard InChI is InChI=1S/C13H22/c1-5-8-10-13(9-6-2)11-12(4)7-3/h7,10-11H,3,5-6,8-9H2,1-2,4H3. The first-order chi connectivity index (χ1) is 6.24. The van der Waals surface area contributed by atoms with Crippen LogP contribution < -0.4 is 0 Å². The van der Waals surface area contributed by atoms with E-state index >= 15 is 0 Å². The Kier molecular flexibility index (Phi) is 7.38. The highest BCUT2D eigenvalue weighted by molar-refractivity contribution is 5.27. The SMILES string of the molecule is C=CC(C)=CC(=CCCC)CCC. The van der Waals surface area contributed by atoms with Crippen LogP contribution in [0.1, 0.15) is 46.5 Å². The van der Waals surface area contributed by atoms with E-state index in [0.717, 1.165) is 0 Å². The Bertz CT molecular complexity index is 194. The predicted octanol–water partition coefficient (Wildman–Crippen LogP) is 4.65. The van der Waals surface area contributed by atoms with E-state index in [1.165, 1.54) is 36.8 Å². The van der Waals surface area contributed by atoms with Crippen molar-refractivity contribution in [3.8, 4) is 0 Å². The number of hydrogen-bond acceptors (Lipinski definition) is 0. The van der Waals surface area contributed by atoms with Gasteiger partial charge in [0.05, 0.1) is 0 Å². The van der Waals surface area contributed by atoms with Crippen molar-refractivity contribution < 1.29 is 0 Å². The molecule has 0 bridgehead atoms. The molecule has 0 radical (unpaired) electrons. The summed E-state index contributed by atoms with van der Waals surface area (Å²) in [5.41, 5.74) is 2.72. The summed E-state index contributed by atoms with van der Waals surface area (Å²) >= 11 is 0. The topological polar surface area (TPSA) is 0 Å². The number of hydrogen-bond donors (Lipinski definition) is 0. The Morgan fingerprint density at radius 1 is 1.23 bits per heavy atom. The van der Waals surface area contributed by atoms with Gasteiger partial charge in [0, 0.05) is 0 Å². The van der Waals surface area contributed by atoms with Crippen molar-refractivity contribution in [2.75, 3.05) is 0 Å². The van der Waals surface area contributed by atoms with Gasteiger partial charge in [0.1, 0.15) is 0 Å². The third-order valence-corrected chi connectivity index (χ3v) is 1.97. The molecule has 74 valence electrons. The minimum Gasteiger partial charge on any atom is -0.0988 e. The first-order valence-corrected chi connectivity index (χ1v) is 5.24. The Morgan fingerprint density at radius 2 is 1.92 bits per heavy atom. The number of allylic oxidation sites excluding steroid dienone is 5. The van der Waals surface area contributed by atoms with Gasteiger partial charge in [-0.15, -0.1) is 0 Å². The fourth-order valence-electron chi connectivity index (χ4n) is 1.20. The molecular weight excluding hydrogens is 156 g/mol. The lowest BCUT2D eigenvalue weighted by Gasteiger charge is -2.00. The van der Waals surface area contributed by atoms with Crippen LogP contribution in [0.25, 0.3) is 0 Å². The average Bonchev–Trinajstić information content (AvgIpc) is 2.14. The molecule has 0 aliphatic rings. The maximum absolute atomic E-state index is 3.76. The molecule has 13 heavy (non-hydrogen) atoms. The van der Waals surface area contributed by atoms with E-state index in [2.05, 4.69) is 39.5 Å². The summed E-state index contributed by atoms with van der Waals surface area (Å²) in [5.74, 6) is 0. The van der Waals surface area contributed by atoms with E-state index in [0.29, 0.717) is 0 Å². The van der Waals surface area contributed by atoms with Gasteiger partial charge < -0.3 is 0 Å². The Labute approximate surface area is 83.0 Å². The van der Waals surface area contributed by atoms with Gasteiger partial charge in [-0.05, 0) is 19.8 Å². The molecular formula is C13H22. The molecule has 0 aliphatic heterocycles. The highest BCUT2D eigenvalue weighted by atomic mass is 14.0. The van der Waals surface area contributed by atoms with Crippen molar-refractivity contribution in [3.63, 3.8) is 0 Å². The monoisotopic (exact) mass is 178 g/mol. The number of rotatable bonds is 6. The molecule has 0 atom stereocenters. The molecule has 0 amide bonds. The fourth-order valence-corrected chi connectivity index (χ4v) is 1.20. The first-order valence-electron chi connectivity index (χ1n) is 5.24. The molecule has 0 aliphatic carbocycles. The lowest BCUT2D eigenvalue weighted by Crippen LogP contribution is -1.80. The van der Waals surface area contributed by atoms with E-state index < -0.39 is 0 Å². The summed E-state index contributed by atoms with van der Waals surface area (Å²) in [7, 11) is 0. The van der Waals surface area contributed by atoms with Crippen LogP contribution in [0.3, 0.4) is 0 Å².